The third-order valence-electron chi connectivity index (χ3n) is 1.51. The Balaban J connectivity index is 2.73. The predicted octanol–water partition coefficient (Wildman–Crippen LogP) is 0.570. The summed E-state index contributed by atoms with van der Waals surface area (Å²) >= 11 is 1.49. The molecule has 0 saturated heterocycles. The van der Waals surface area contributed by atoms with Crippen molar-refractivity contribution in [3.63, 3.8) is 0 Å². The van der Waals surface area contributed by atoms with Crippen molar-refractivity contribution < 1.29 is 5.11 Å². The molecular weight excluding hydrogens is 160 g/mol. The molecule has 0 aliphatic carbocycles. The van der Waals surface area contributed by atoms with Gasteiger partial charge in [-0.1, -0.05) is 0 Å². The van der Waals surface area contributed by atoms with Crippen LogP contribution in [0.15, 0.2) is 10.9 Å². The van der Waals surface area contributed by atoms with Gasteiger partial charge in [0.25, 0.3) is 0 Å². The summed E-state index contributed by atoms with van der Waals surface area (Å²) in [6, 6.07) is 0. The van der Waals surface area contributed by atoms with Crippen LogP contribution in [0.2, 0.25) is 0 Å². The van der Waals surface area contributed by atoms with Crippen LogP contribution < -0.4 is 5.32 Å². The third kappa shape index (κ3) is 1.99. The highest BCUT2D eigenvalue weighted by Gasteiger charge is 2.23. The van der Waals surface area contributed by atoms with Crippen molar-refractivity contribution in [2.24, 2.45) is 0 Å². The van der Waals surface area contributed by atoms with E-state index >= 15 is 0 Å². The number of thiazole rings is 1. The highest BCUT2D eigenvalue weighted by molar-refractivity contribution is 7.07. The van der Waals surface area contributed by atoms with Gasteiger partial charge in [-0.2, -0.15) is 0 Å². The van der Waals surface area contributed by atoms with Crippen LogP contribution in [0, 0.1) is 0 Å². The maximum Gasteiger partial charge on any atom is 0.117 e. The lowest BCUT2D eigenvalue weighted by Gasteiger charge is -2.19. The fraction of sp³-hybridized carbons (Fsp3) is 0.571. The smallest absolute Gasteiger partial charge is 0.117 e. The lowest BCUT2D eigenvalue weighted by Crippen LogP contribution is -2.33. The molecule has 1 rings (SSSR count). The SMILES string of the molecule is CNCC(C)(O)c1cscn1. The van der Waals surface area contributed by atoms with Gasteiger partial charge in [0.2, 0.25) is 0 Å². The zero-order chi connectivity index (χ0) is 8.32. The van der Waals surface area contributed by atoms with E-state index in [0.717, 1.165) is 5.69 Å². The molecule has 0 aliphatic heterocycles. The second kappa shape index (κ2) is 3.30. The number of aliphatic hydroxyl groups is 1. The normalized spacial score (nSPS) is 16.3. The van der Waals surface area contributed by atoms with Crippen LogP contribution in [-0.2, 0) is 5.60 Å². The summed E-state index contributed by atoms with van der Waals surface area (Å²) < 4.78 is 0. The molecule has 0 fully saturated rings. The molecule has 0 saturated carbocycles. The molecule has 0 radical (unpaired) electrons. The Bertz CT molecular complexity index is 208. The minimum Gasteiger partial charge on any atom is -0.382 e. The highest BCUT2D eigenvalue weighted by atomic mass is 32.1. The van der Waals surface area contributed by atoms with E-state index in [1.807, 2.05) is 5.38 Å². The molecule has 1 heterocycles. The molecular formula is C7H12N2OS. The van der Waals surface area contributed by atoms with Crippen molar-refractivity contribution in [2.75, 3.05) is 13.6 Å². The fourth-order valence-electron chi connectivity index (χ4n) is 0.913. The number of likely N-dealkylation sites (N-methyl/N-ethyl adjacent to an activating group) is 1. The number of nitrogens with one attached hydrogen (secondary N) is 1. The molecule has 0 aromatic carbocycles. The maximum atomic E-state index is 9.76. The topological polar surface area (TPSA) is 45.1 Å². The van der Waals surface area contributed by atoms with Gasteiger partial charge < -0.3 is 10.4 Å². The van der Waals surface area contributed by atoms with Crippen LogP contribution in [0.4, 0.5) is 0 Å². The molecule has 11 heavy (non-hydrogen) atoms. The average molecular weight is 172 g/mol. The number of hydrogen-bond donors (Lipinski definition) is 2. The molecule has 1 aromatic rings. The van der Waals surface area contributed by atoms with Crippen LogP contribution in [0.3, 0.4) is 0 Å². The molecule has 0 bridgehead atoms. The fourth-order valence-corrected chi connectivity index (χ4v) is 1.59. The molecule has 0 aliphatic rings. The molecule has 3 nitrogen and oxygen atoms in total. The molecule has 2 N–H and O–H groups in total. The summed E-state index contributed by atoms with van der Waals surface area (Å²) in [6.07, 6.45) is 0. The lowest BCUT2D eigenvalue weighted by molar-refractivity contribution is 0.0553. The minimum atomic E-state index is -0.839. The molecule has 1 aromatic heterocycles. The molecule has 1 unspecified atom stereocenters. The van der Waals surface area contributed by atoms with Gasteiger partial charge in [-0.3, -0.25) is 0 Å². The van der Waals surface area contributed by atoms with Crippen molar-refractivity contribution in [1.29, 1.82) is 0 Å². The summed E-state index contributed by atoms with van der Waals surface area (Å²) in [7, 11) is 1.81. The maximum absolute atomic E-state index is 9.76. The van der Waals surface area contributed by atoms with Gasteiger partial charge in [-0.05, 0) is 14.0 Å². The van der Waals surface area contributed by atoms with Gasteiger partial charge in [0.15, 0.2) is 0 Å². The first-order valence-electron chi connectivity index (χ1n) is 3.42. The molecule has 62 valence electrons. The Morgan fingerprint density at radius 1 is 1.82 bits per heavy atom. The first-order valence-corrected chi connectivity index (χ1v) is 4.37. The number of aromatic nitrogens is 1. The van der Waals surface area contributed by atoms with Crippen molar-refractivity contribution in [3.8, 4) is 0 Å². The van der Waals surface area contributed by atoms with Gasteiger partial charge in [0.05, 0.1) is 11.2 Å². The van der Waals surface area contributed by atoms with E-state index in [9.17, 15) is 5.11 Å². The Morgan fingerprint density at radius 3 is 3.00 bits per heavy atom. The van der Waals surface area contributed by atoms with E-state index in [4.69, 9.17) is 0 Å². The molecule has 1 atom stereocenters. The standard InChI is InChI=1S/C7H12N2OS/c1-7(10,4-8-2)6-3-11-5-9-6/h3,5,8,10H,4H2,1-2H3. The summed E-state index contributed by atoms with van der Waals surface area (Å²) in [5, 5.41) is 14.5. The first-order chi connectivity index (χ1) is 5.17. The zero-order valence-corrected chi connectivity index (χ0v) is 7.48. The van der Waals surface area contributed by atoms with E-state index < -0.39 is 5.60 Å². The van der Waals surface area contributed by atoms with E-state index in [-0.39, 0.29) is 0 Å². The van der Waals surface area contributed by atoms with Gasteiger partial charge >= 0.3 is 0 Å². The predicted molar refractivity (Wildman–Crippen MR) is 45.6 cm³/mol. The van der Waals surface area contributed by atoms with Crippen LogP contribution in [-0.4, -0.2) is 23.7 Å². The second-order valence-electron chi connectivity index (χ2n) is 2.68. The summed E-state index contributed by atoms with van der Waals surface area (Å²) in [5.41, 5.74) is 1.62. The minimum absolute atomic E-state index is 0.525. The Hall–Kier alpha value is -0.450. The van der Waals surface area contributed by atoms with E-state index in [0.29, 0.717) is 6.54 Å². The van der Waals surface area contributed by atoms with Gasteiger partial charge in [0, 0.05) is 11.9 Å². The Labute approximate surface area is 70.1 Å². The van der Waals surface area contributed by atoms with Gasteiger partial charge in [-0.25, -0.2) is 4.98 Å². The van der Waals surface area contributed by atoms with Crippen LogP contribution in [0.1, 0.15) is 12.6 Å². The third-order valence-corrected chi connectivity index (χ3v) is 2.09. The van der Waals surface area contributed by atoms with E-state index in [1.54, 1.807) is 19.5 Å². The van der Waals surface area contributed by atoms with Gasteiger partial charge in [0.1, 0.15) is 5.60 Å². The van der Waals surface area contributed by atoms with Crippen molar-refractivity contribution >= 4 is 11.3 Å². The van der Waals surface area contributed by atoms with Crippen LogP contribution in [0.5, 0.6) is 0 Å². The quantitative estimate of drug-likeness (QED) is 0.700. The summed E-state index contributed by atoms with van der Waals surface area (Å²) in [6.45, 7) is 2.27. The molecule has 0 spiro atoms. The lowest BCUT2D eigenvalue weighted by atomic mass is 10.0. The van der Waals surface area contributed by atoms with Crippen LogP contribution in [0.25, 0.3) is 0 Å². The van der Waals surface area contributed by atoms with Crippen LogP contribution >= 0.6 is 11.3 Å². The Kier molecular flexibility index (Phi) is 2.59. The second-order valence-corrected chi connectivity index (χ2v) is 3.40. The van der Waals surface area contributed by atoms with E-state index in [1.165, 1.54) is 11.3 Å². The van der Waals surface area contributed by atoms with E-state index in [2.05, 4.69) is 10.3 Å². The average Bonchev–Trinajstić information content (AvgIpc) is 2.37. The molecule has 4 heteroatoms. The number of hydrogen-bond acceptors (Lipinski definition) is 4. The monoisotopic (exact) mass is 172 g/mol. The zero-order valence-electron chi connectivity index (χ0n) is 6.66. The highest BCUT2D eigenvalue weighted by Crippen LogP contribution is 2.18. The largest absolute Gasteiger partial charge is 0.382 e. The summed E-state index contributed by atoms with van der Waals surface area (Å²) in [5.74, 6) is 0. The Morgan fingerprint density at radius 2 is 2.55 bits per heavy atom. The van der Waals surface area contributed by atoms with Crippen molar-refractivity contribution in [3.05, 3.63) is 16.6 Å². The summed E-state index contributed by atoms with van der Waals surface area (Å²) in [4.78, 5) is 4.04. The van der Waals surface area contributed by atoms with Crippen molar-refractivity contribution in [2.45, 2.75) is 12.5 Å². The number of nitrogens with zero attached hydrogens (tertiary/aromatic N) is 1. The first kappa shape index (κ1) is 8.64. The number of rotatable bonds is 3. The molecule has 0 amide bonds. The van der Waals surface area contributed by atoms with Crippen molar-refractivity contribution in [1.82, 2.24) is 10.3 Å². The van der Waals surface area contributed by atoms with Gasteiger partial charge in [-0.15, -0.1) is 11.3 Å².